The first kappa shape index (κ1) is 15.0. The Morgan fingerprint density at radius 3 is 2.55 bits per heavy atom. The van der Waals surface area contributed by atoms with Crippen LogP contribution in [0.25, 0.3) is 0 Å². The Balaban J connectivity index is 1.85. The second kappa shape index (κ2) is 7.44. The maximum atomic E-state index is 12.2. The first-order valence-electron chi connectivity index (χ1n) is 7.79. The molecule has 110 valence electrons. The van der Waals surface area contributed by atoms with Crippen molar-refractivity contribution in [1.82, 2.24) is 5.32 Å². The van der Waals surface area contributed by atoms with Crippen molar-refractivity contribution in [1.29, 1.82) is 0 Å². The maximum absolute atomic E-state index is 12.2. The molecular weight excluding hydrogens is 248 g/mol. The Bertz CT molecular complexity index is 436. The molecule has 0 aliphatic heterocycles. The van der Waals surface area contributed by atoms with Gasteiger partial charge in [-0.05, 0) is 44.4 Å². The smallest absolute Gasteiger partial charge is 0.241 e. The lowest BCUT2D eigenvalue weighted by Gasteiger charge is -2.21. The lowest BCUT2D eigenvalue weighted by atomic mass is 10.1. The van der Waals surface area contributed by atoms with E-state index in [1.54, 1.807) is 0 Å². The van der Waals surface area contributed by atoms with Crippen LogP contribution in [0.1, 0.15) is 51.0 Å². The Labute approximate surface area is 122 Å². The van der Waals surface area contributed by atoms with Gasteiger partial charge in [-0.15, -0.1) is 0 Å². The molecule has 0 radical (unpaired) electrons. The predicted molar refractivity (Wildman–Crippen MR) is 83.9 cm³/mol. The van der Waals surface area contributed by atoms with Crippen LogP contribution in [0.5, 0.6) is 0 Å². The number of anilines is 1. The molecule has 1 aromatic rings. The standard InChI is InChI=1S/C17H26N2O/c1-13-8-7-11-16(12-13)19-17(20)14(2)18-15-9-5-3-4-6-10-15/h7-8,11-12,14-15,18H,3-6,9-10H2,1-2H3,(H,19,20)/t14-/m1/s1. The monoisotopic (exact) mass is 274 g/mol. The third-order valence-corrected chi connectivity index (χ3v) is 4.02. The fraction of sp³-hybridized carbons (Fsp3) is 0.588. The van der Waals surface area contributed by atoms with Gasteiger partial charge in [0.25, 0.3) is 0 Å². The van der Waals surface area contributed by atoms with Gasteiger partial charge >= 0.3 is 0 Å². The van der Waals surface area contributed by atoms with Crippen LogP contribution in [0.2, 0.25) is 0 Å². The average Bonchev–Trinajstić information content (AvgIpc) is 2.67. The molecule has 3 heteroatoms. The van der Waals surface area contributed by atoms with E-state index >= 15 is 0 Å². The van der Waals surface area contributed by atoms with Crippen molar-refractivity contribution in [3.05, 3.63) is 29.8 Å². The van der Waals surface area contributed by atoms with E-state index in [0.29, 0.717) is 6.04 Å². The van der Waals surface area contributed by atoms with Crippen LogP contribution in [0.3, 0.4) is 0 Å². The summed E-state index contributed by atoms with van der Waals surface area (Å²) in [7, 11) is 0. The maximum Gasteiger partial charge on any atom is 0.241 e. The summed E-state index contributed by atoms with van der Waals surface area (Å²) >= 11 is 0. The summed E-state index contributed by atoms with van der Waals surface area (Å²) in [5, 5.41) is 6.47. The van der Waals surface area contributed by atoms with Crippen LogP contribution >= 0.6 is 0 Å². The van der Waals surface area contributed by atoms with Crippen molar-refractivity contribution in [2.24, 2.45) is 0 Å². The molecule has 1 saturated carbocycles. The van der Waals surface area contributed by atoms with Crippen LogP contribution in [-0.4, -0.2) is 18.0 Å². The summed E-state index contributed by atoms with van der Waals surface area (Å²) < 4.78 is 0. The zero-order chi connectivity index (χ0) is 14.4. The quantitative estimate of drug-likeness (QED) is 0.823. The number of carbonyl (C=O) groups excluding carboxylic acids is 1. The molecule has 20 heavy (non-hydrogen) atoms. The number of amides is 1. The van der Waals surface area contributed by atoms with Gasteiger partial charge in [-0.25, -0.2) is 0 Å². The van der Waals surface area contributed by atoms with Crippen molar-refractivity contribution in [2.45, 2.75) is 64.5 Å². The predicted octanol–water partition coefficient (Wildman–Crippen LogP) is 3.63. The molecule has 1 atom stereocenters. The highest BCUT2D eigenvalue weighted by Gasteiger charge is 2.19. The molecule has 2 rings (SSSR count). The molecule has 0 aromatic heterocycles. The summed E-state index contributed by atoms with van der Waals surface area (Å²) in [6, 6.07) is 8.28. The van der Waals surface area contributed by atoms with E-state index in [4.69, 9.17) is 0 Å². The number of carbonyl (C=O) groups is 1. The van der Waals surface area contributed by atoms with Crippen LogP contribution in [0.15, 0.2) is 24.3 Å². The van der Waals surface area contributed by atoms with Gasteiger partial charge in [0.1, 0.15) is 0 Å². The van der Waals surface area contributed by atoms with E-state index in [2.05, 4.69) is 10.6 Å². The Kier molecular flexibility index (Phi) is 5.60. The number of hydrogen-bond acceptors (Lipinski definition) is 2. The highest BCUT2D eigenvalue weighted by molar-refractivity contribution is 5.94. The van der Waals surface area contributed by atoms with Crippen molar-refractivity contribution in [2.75, 3.05) is 5.32 Å². The first-order chi connectivity index (χ1) is 9.65. The molecule has 1 aromatic carbocycles. The third-order valence-electron chi connectivity index (χ3n) is 4.02. The van der Waals surface area contributed by atoms with E-state index in [1.165, 1.54) is 38.5 Å². The molecular formula is C17H26N2O. The minimum Gasteiger partial charge on any atom is -0.325 e. The van der Waals surface area contributed by atoms with Crippen LogP contribution in [-0.2, 0) is 4.79 Å². The van der Waals surface area contributed by atoms with E-state index in [-0.39, 0.29) is 11.9 Å². The number of aryl methyl sites for hydroxylation is 1. The second-order valence-electron chi connectivity index (χ2n) is 5.94. The highest BCUT2D eigenvalue weighted by atomic mass is 16.2. The van der Waals surface area contributed by atoms with Crippen molar-refractivity contribution in [3.63, 3.8) is 0 Å². The largest absolute Gasteiger partial charge is 0.325 e. The zero-order valence-electron chi connectivity index (χ0n) is 12.6. The molecule has 1 aliphatic rings. The molecule has 0 bridgehead atoms. The van der Waals surface area contributed by atoms with E-state index in [1.807, 2.05) is 38.1 Å². The summed E-state index contributed by atoms with van der Waals surface area (Å²) in [6.45, 7) is 3.99. The SMILES string of the molecule is Cc1cccc(NC(=O)[C@@H](C)NC2CCCCCC2)c1. The van der Waals surface area contributed by atoms with Crippen molar-refractivity contribution < 1.29 is 4.79 Å². The summed E-state index contributed by atoms with van der Waals surface area (Å²) in [5.74, 6) is 0.0554. The van der Waals surface area contributed by atoms with Gasteiger partial charge in [0.05, 0.1) is 6.04 Å². The van der Waals surface area contributed by atoms with Crippen LogP contribution < -0.4 is 10.6 Å². The van der Waals surface area contributed by atoms with Crippen LogP contribution in [0, 0.1) is 6.92 Å². The molecule has 1 fully saturated rings. The van der Waals surface area contributed by atoms with Gasteiger partial charge in [-0.1, -0.05) is 37.8 Å². The number of nitrogens with one attached hydrogen (secondary N) is 2. The molecule has 3 nitrogen and oxygen atoms in total. The van der Waals surface area contributed by atoms with Crippen molar-refractivity contribution >= 4 is 11.6 Å². The normalized spacial score (nSPS) is 18.3. The third kappa shape index (κ3) is 4.64. The first-order valence-corrected chi connectivity index (χ1v) is 7.79. The molecule has 1 aliphatic carbocycles. The number of hydrogen-bond donors (Lipinski definition) is 2. The van der Waals surface area contributed by atoms with Gasteiger partial charge in [0, 0.05) is 11.7 Å². The fourth-order valence-corrected chi connectivity index (χ4v) is 2.85. The minimum atomic E-state index is -0.140. The Morgan fingerprint density at radius 1 is 1.20 bits per heavy atom. The van der Waals surface area contributed by atoms with E-state index < -0.39 is 0 Å². The topological polar surface area (TPSA) is 41.1 Å². The summed E-state index contributed by atoms with van der Waals surface area (Å²) in [6.07, 6.45) is 7.63. The molecule has 0 heterocycles. The average molecular weight is 274 g/mol. The van der Waals surface area contributed by atoms with Gasteiger partial charge in [0.2, 0.25) is 5.91 Å². The molecule has 0 saturated heterocycles. The summed E-state index contributed by atoms with van der Waals surface area (Å²) in [5.41, 5.74) is 2.04. The zero-order valence-corrected chi connectivity index (χ0v) is 12.6. The molecule has 1 amide bonds. The van der Waals surface area contributed by atoms with Gasteiger partial charge in [0.15, 0.2) is 0 Å². The van der Waals surface area contributed by atoms with Gasteiger partial charge in [-0.3, -0.25) is 4.79 Å². The molecule has 2 N–H and O–H groups in total. The van der Waals surface area contributed by atoms with E-state index in [0.717, 1.165) is 11.3 Å². The molecule has 0 unspecified atom stereocenters. The lowest BCUT2D eigenvalue weighted by molar-refractivity contribution is -0.118. The van der Waals surface area contributed by atoms with Crippen molar-refractivity contribution in [3.8, 4) is 0 Å². The minimum absolute atomic E-state index is 0.0554. The fourth-order valence-electron chi connectivity index (χ4n) is 2.85. The highest BCUT2D eigenvalue weighted by Crippen LogP contribution is 2.18. The molecule has 0 spiro atoms. The number of benzene rings is 1. The lowest BCUT2D eigenvalue weighted by Crippen LogP contribution is -2.43. The second-order valence-corrected chi connectivity index (χ2v) is 5.94. The van der Waals surface area contributed by atoms with Gasteiger partial charge in [-0.2, -0.15) is 0 Å². The summed E-state index contributed by atoms with van der Waals surface area (Å²) in [4.78, 5) is 12.2. The Hall–Kier alpha value is -1.35. The van der Waals surface area contributed by atoms with E-state index in [9.17, 15) is 4.79 Å². The van der Waals surface area contributed by atoms with Gasteiger partial charge < -0.3 is 10.6 Å². The van der Waals surface area contributed by atoms with Crippen LogP contribution in [0.4, 0.5) is 5.69 Å². The number of rotatable bonds is 4. The Morgan fingerprint density at radius 2 is 1.90 bits per heavy atom.